The third-order valence-electron chi connectivity index (χ3n) is 5.39. The molecule has 1 N–H and O–H groups in total. The number of rotatable bonds is 14. The van der Waals surface area contributed by atoms with Gasteiger partial charge in [-0.3, -0.25) is 4.90 Å². The minimum absolute atomic E-state index is 0.285. The van der Waals surface area contributed by atoms with E-state index in [1.54, 1.807) is 14.2 Å². The maximum atomic E-state index is 10.5. The van der Waals surface area contributed by atoms with Crippen LogP contribution in [-0.2, 0) is 16.0 Å². The zero-order valence-corrected chi connectivity index (χ0v) is 20.4. The van der Waals surface area contributed by atoms with Gasteiger partial charge in [-0.05, 0) is 38.1 Å². The lowest BCUT2D eigenvalue weighted by Gasteiger charge is -2.25. The van der Waals surface area contributed by atoms with E-state index >= 15 is 0 Å². The van der Waals surface area contributed by atoms with E-state index < -0.39 is 6.10 Å². The van der Waals surface area contributed by atoms with Crippen LogP contribution in [0.25, 0.3) is 5.69 Å². The van der Waals surface area contributed by atoms with Gasteiger partial charge in [-0.15, -0.1) is 0 Å². The lowest BCUT2D eigenvalue weighted by atomic mass is 10.2. The van der Waals surface area contributed by atoms with Crippen molar-refractivity contribution in [3.8, 4) is 23.1 Å². The Morgan fingerprint density at radius 1 is 1.03 bits per heavy atom. The van der Waals surface area contributed by atoms with E-state index in [0.29, 0.717) is 50.2 Å². The van der Waals surface area contributed by atoms with E-state index in [0.717, 1.165) is 16.9 Å². The van der Waals surface area contributed by atoms with Crippen molar-refractivity contribution in [3.63, 3.8) is 0 Å². The number of hydrogen-bond donors (Lipinski definition) is 1. The molecule has 2 aromatic carbocycles. The number of ether oxygens (including phenoxy) is 4. The molecule has 0 aliphatic rings. The first kappa shape index (κ1) is 25.7. The molecule has 0 radical (unpaired) electrons. The van der Waals surface area contributed by atoms with Crippen LogP contribution in [0.3, 0.4) is 0 Å². The molecule has 8 heteroatoms. The van der Waals surface area contributed by atoms with Crippen molar-refractivity contribution >= 4 is 0 Å². The lowest BCUT2D eigenvalue weighted by molar-refractivity contribution is 0.0147. The number of aryl methyl sites for hydroxylation is 1. The highest BCUT2D eigenvalue weighted by Crippen LogP contribution is 2.36. The first-order chi connectivity index (χ1) is 16.6. The first-order valence-electron chi connectivity index (χ1n) is 11.5. The van der Waals surface area contributed by atoms with Gasteiger partial charge < -0.3 is 24.1 Å². The SMILES string of the molecule is CCOC[C@@H](O)CN(CCOC)Cc1c(C)nn(-c2ccccc2)c1Oc1ccccc1OC. The Balaban J connectivity index is 1.98. The normalized spacial score (nSPS) is 12.2. The zero-order valence-electron chi connectivity index (χ0n) is 20.4. The summed E-state index contributed by atoms with van der Waals surface area (Å²) in [6, 6.07) is 17.4. The smallest absolute Gasteiger partial charge is 0.227 e. The fraction of sp³-hybridized carbons (Fsp3) is 0.423. The summed E-state index contributed by atoms with van der Waals surface area (Å²) in [4.78, 5) is 2.13. The van der Waals surface area contributed by atoms with Crippen LogP contribution in [0.2, 0.25) is 0 Å². The molecule has 8 nitrogen and oxygen atoms in total. The van der Waals surface area contributed by atoms with Crippen molar-refractivity contribution in [1.29, 1.82) is 0 Å². The third-order valence-corrected chi connectivity index (χ3v) is 5.39. The number of aliphatic hydroxyl groups is 1. The number of hydrogen-bond acceptors (Lipinski definition) is 7. The van der Waals surface area contributed by atoms with E-state index in [4.69, 9.17) is 24.0 Å². The number of para-hydroxylation sites is 3. The fourth-order valence-corrected chi connectivity index (χ4v) is 3.66. The predicted octanol–water partition coefficient (Wildman–Crippen LogP) is 3.83. The Labute approximate surface area is 201 Å². The van der Waals surface area contributed by atoms with Crippen LogP contribution in [0.4, 0.5) is 0 Å². The highest BCUT2D eigenvalue weighted by molar-refractivity contribution is 5.47. The molecule has 1 aromatic heterocycles. The summed E-state index contributed by atoms with van der Waals surface area (Å²) in [5.41, 5.74) is 2.66. The molecule has 0 saturated carbocycles. The van der Waals surface area contributed by atoms with Crippen LogP contribution in [0.5, 0.6) is 17.4 Å². The molecule has 0 fully saturated rings. The van der Waals surface area contributed by atoms with E-state index in [9.17, 15) is 5.11 Å². The molecule has 0 aliphatic carbocycles. The molecule has 0 saturated heterocycles. The average Bonchev–Trinajstić information content (AvgIpc) is 3.16. The maximum Gasteiger partial charge on any atom is 0.227 e. The Hall–Kier alpha value is -2.91. The summed E-state index contributed by atoms with van der Waals surface area (Å²) in [7, 11) is 3.29. The molecule has 1 heterocycles. The van der Waals surface area contributed by atoms with Crippen LogP contribution in [0.1, 0.15) is 18.2 Å². The van der Waals surface area contributed by atoms with Gasteiger partial charge in [-0.2, -0.15) is 5.10 Å². The van der Waals surface area contributed by atoms with Crippen molar-refractivity contribution in [2.75, 3.05) is 47.1 Å². The van der Waals surface area contributed by atoms with Gasteiger partial charge in [0.15, 0.2) is 11.5 Å². The van der Waals surface area contributed by atoms with Crippen LogP contribution in [0, 0.1) is 6.92 Å². The van der Waals surface area contributed by atoms with Crippen LogP contribution >= 0.6 is 0 Å². The minimum Gasteiger partial charge on any atom is -0.493 e. The first-order valence-corrected chi connectivity index (χ1v) is 11.5. The molecule has 34 heavy (non-hydrogen) atoms. The quantitative estimate of drug-likeness (QED) is 0.384. The number of nitrogens with zero attached hydrogens (tertiary/aromatic N) is 3. The second-order valence-electron chi connectivity index (χ2n) is 7.91. The van der Waals surface area contributed by atoms with Crippen molar-refractivity contribution in [3.05, 3.63) is 65.9 Å². The van der Waals surface area contributed by atoms with Crippen LogP contribution < -0.4 is 9.47 Å². The molecule has 0 unspecified atom stereocenters. The van der Waals surface area contributed by atoms with E-state index in [1.165, 1.54) is 0 Å². The van der Waals surface area contributed by atoms with Crippen LogP contribution in [-0.4, -0.2) is 73.0 Å². The predicted molar refractivity (Wildman–Crippen MR) is 131 cm³/mol. The highest BCUT2D eigenvalue weighted by Gasteiger charge is 2.23. The van der Waals surface area contributed by atoms with Gasteiger partial charge in [-0.1, -0.05) is 30.3 Å². The second kappa shape index (κ2) is 13.1. The van der Waals surface area contributed by atoms with E-state index in [2.05, 4.69) is 4.90 Å². The van der Waals surface area contributed by atoms with Gasteiger partial charge in [0.05, 0.1) is 43.4 Å². The number of benzene rings is 2. The Morgan fingerprint density at radius 2 is 1.74 bits per heavy atom. The van der Waals surface area contributed by atoms with E-state index in [1.807, 2.05) is 73.1 Å². The molecule has 0 bridgehead atoms. The second-order valence-corrected chi connectivity index (χ2v) is 7.91. The van der Waals surface area contributed by atoms with Crippen molar-refractivity contribution in [1.82, 2.24) is 14.7 Å². The van der Waals surface area contributed by atoms with Gasteiger partial charge in [0.25, 0.3) is 0 Å². The summed E-state index contributed by atoms with van der Waals surface area (Å²) >= 11 is 0. The summed E-state index contributed by atoms with van der Waals surface area (Å²) < 4.78 is 24.5. The fourth-order valence-electron chi connectivity index (χ4n) is 3.66. The molecule has 0 aliphatic heterocycles. The van der Waals surface area contributed by atoms with Gasteiger partial charge in [-0.25, -0.2) is 4.68 Å². The van der Waals surface area contributed by atoms with Gasteiger partial charge >= 0.3 is 0 Å². The molecule has 0 amide bonds. The summed E-state index contributed by atoms with van der Waals surface area (Å²) in [6.07, 6.45) is -0.611. The van der Waals surface area contributed by atoms with Gasteiger partial charge in [0.1, 0.15) is 0 Å². The summed E-state index contributed by atoms with van der Waals surface area (Å²) in [6.45, 7) is 6.87. The monoisotopic (exact) mass is 469 g/mol. The van der Waals surface area contributed by atoms with Crippen molar-refractivity contribution in [2.45, 2.75) is 26.5 Å². The zero-order chi connectivity index (χ0) is 24.3. The van der Waals surface area contributed by atoms with Gasteiger partial charge in [0, 0.05) is 33.4 Å². The maximum absolute atomic E-state index is 10.5. The van der Waals surface area contributed by atoms with Crippen molar-refractivity contribution in [2.24, 2.45) is 0 Å². The summed E-state index contributed by atoms with van der Waals surface area (Å²) in [5.74, 6) is 1.84. The van der Waals surface area contributed by atoms with E-state index in [-0.39, 0.29) is 6.61 Å². The topological polar surface area (TPSA) is 78.2 Å². The number of aliphatic hydroxyl groups excluding tert-OH is 1. The Morgan fingerprint density at radius 3 is 2.41 bits per heavy atom. The molecular weight excluding hydrogens is 434 g/mol. The standard InChI is InChI=1S/C26H35N3O5/c1-5-33-19-22(30)17-28(15-16-31-3)18-23-20(2)27-29(21-11-7-6-8-12-21)26(23)34-25-14-10-9-13-24(25)32-4/h6-14,22,30H,5,15-19H2,1-4H3/t22-/m0/s1. The van der Waals surface area contributed by atoms with Crippen LogP contribution in [0.15, 0.2) is 54.6 Å². The van der Waals surface area contributed by atoms with Crippen molar-refractivity contribution < 1.29 is 24.1 Å². The molecule has 184 valence electrons. The summed E-state index contributed by atoms with van der Waals surface area (Å²) in [5, 5.41) is 15.3. The molecule has 3 aromatic rings. The lowest BCUT2D eigenvalue weighted by Crippen LogP contribution is -2.36. The molecule has 1 atom stereocenters. The van der Waals surface area contributed by atoms with Gasteiger partial charge in [0.2, 0.25) is 5.88 Å². The number of methoxy groups -OCH3 is 2. The molecular formula is C26H35N3O5. The Bertz CT molecular complexity index is 1010. The number of aromatic nitrogens is 2. The largest absolute Gasteiger partial charge is 0.493 e. The third kappa shape index (κ3) is 6.80. The average molecular weight is 470 g/mol. The Kier molecular flexibility index (Phi) is 9.90. The molecule has 0 spiro atoms. The molecule has 3 rings (SSSR count). The highest BCUT2D eigenvalue weighted by atomic mass is 16.5. The minimum atomic E-state index is -0.611.